The van der Waals surface area contributed by atoms with E-state index in [2.05, 4.69) is 29.2 Å². The minimum Gasteiger partial charge on any atom is -0.337 e. The van der Waals surface area contributed by atoms with E-state index in [9.17, 15) is 4.79 Å². The fourth-order valence-electron chi connectivity index (χ4n) is 2.98. The summed E-state index contributed by atoms with van der Waals surface area (Å²) in [6.45, 7) is 1.62. The standard InChI is InChI=1S/C18H20N2O/c21-18(17-11-4-6-12-19-17)20-13-7-5-10-16(14-20)15-8-2-1-3-9-15/h1-4,6,8-9,11-12,16H,5,7,10,13-14H2. The van der Waals surface area contributed by atoms with Gasteiger partial charge < -0.3 is 4.90 Å². The van der Waals surface area contributed by atoms with Crippen molar-refractivity contribution < 1.29 is 4.79 Å². The van der Waals surface area contributed by atoms with Crippen LogP contribution >= 0.6 is 0 Å². The van der Waals surface area contributed by atoms with Gasteiger partial charge in [0.15, 0.2) is 0 Å². The molecule has 1 amide bonds. The summed E-state index contributed by atoms with van der Waals surface area (Å²) in [7, 11) is 0. The number of aromatic nitrogens is 1. The van der Waals surface area contributed by atoms with E-state index in [-0.39, 0.29) is 5.91 Å². The molecule has 2 aromatic rings. The molecular formula is C18H20N2O. The molecule has 1 fully saturated rings. The van der Waals surface area contributed by atoms with Gasteiger partial charge in [-0.2, -0.15) is 0 Å². The Balaban J connectivity index is 1.78. The van der Waals surface area contributed by atoms with Crippen molar-refractivity contribution in [3.8, 4) is 0 Å². The summed E-state index contributed by atoms with van der Waals surface area (Å²) in [5, 5.41) is 0. The van der Waals surface area contributed by atoms with Crippen molar-refractivity contribution in [1.82, 2.24) is 9.88 Å². The number of hydrogen-bond acceptors (Lipinski definition) is 2. The van der Waals surface area contributed by atoms with Crippen molar-refractivity contribution >= 4 is 5.91 Å². The highest BCUT2D eigenvalue weighted by molar-refractivity contribution is 5.92. The monoisotopic (exact) mass is 280 g/mol. The van der Waals surface area contributed by atoms with E-state index in [4.69, 9.17) is 0 Å². The summed E-state index contributed by atoms with van der Waals surface area (Å²) in [4.78, 5) is 18.7. The maximum absolute atomic E-state index is 12.6. The van der Waals surface area contributed by atoms with Crippen LogP contribution in [-0.4, -0.2) is 28.9 Å². The van der Waals surface area contributed by atoms with Gasteiger partial charge in [0, 0.05) is 25.2 Å². The number of benzene rings is 1. The molecule has 1 aromatic heterocycles. The molecule has 108 valence electrons. The third-order valence-electron chi connectivity index (χ3n) is 4.11. The summed E-state index contributed by atoms with van der Waals surface area (Å²) in [5.74, 6) is 0.486. The summed E-state index contributed by atoms with van der Waals surface area (Å²) in [6.07, 6.45) is 5.07. The van der Waals surface area contributed by atoms with Gasteiger partial charge in [-0.25, -0.2) is 0 Å². The zero-order valence-electron chi connectivity index (χ0n) is 12.1. The maximum Gasteiger partial charge on any atom is 0.272 e. The Hall–Kier alpha value is -2.16. The van der Waals surface area contributed by atoms with Crippen LogP contribution < -0.4 is 0 Å². The molecular weight excluding hydrogens is 260 g/mol. The highest BCUT2D eigenvalue weighted by atomic mass is 16.2. The second-order valence-corrected chi connectivity index (χ2v) is 5.57. The first-order valence-corrected chi connectivity index (χ1v) is 7.60. The van der Waals surface area contributed by atoms with Crippen molar-refractivity contribution in [3.63, 3.8) is 0 Å². The minimum absolute atomic E-state index is 0.0541. The lowest BCUT2D eigenvalue weighted by atomic mass is 9.94. The molecule has 21 heavy (non-hydrogen) atoms. The van der Waals surface area contributed by atoms with Gasteiger partial charge in [-0.3, -0.25) is 9.78 Å². The van der Waals surface area contributed by atoms with Crippen LogP contribution in [0.4, 0.5) is 0 Å². The average molecular weight is 280 g/mol. The SMILES string of the molecule is O=C(c1ccccn1)N1CCCCC(c2ccccc2)C1. The number of rotatable bonds is 2. The van der Waals surface area contributed by atoms with Crippen molar-refractivity contribution in [2.75, 3.05) is 13.1 Å². The lowest BCUT2D eigenvalue weighted by molar-refractivity contribution is 0.0748. The van der Waals surface area contributed by atoms with Crippen LogP contribution in [0.5, 0.6) is 0 Å². The highest BCUT2D eigenvalue weighted by Gasteiger charge is 2.24. The molecule has 0 aliphatic carbocycles. The van der Waals surface area contributed by atoms with Gasteiger partial charge >= 0.3 is 0 Å². The van der Waals surface area contributed by atoms with Gasteiger partial charge in [0.1, 0.15) is 5.69 Å². The lowest BCUT2D eigenvalue weighted by Crippen LogP contribution is -2.34. The molecule has 1 saturated heterocycles. The number of carbonyl (C=O) groups is 1. The number of carbonyl (C=O) groups excluding carboxylic acids is 1. The van der Waals surface area contributed by atoms with Crippen LogP contribution in [0.1, 0.15) is 41.2 Å². The normalized spacial score (nSPS) is 19.0. The Bertz CT molecular complexity index is 583. The molecule has 1 aliphatic heterocycles. The van der Waals surface area contributed by atoms with Crippen LogP contribution in [0.3, 0.4) is 0 Å². The largest absolute Gasteiger partial charge is 0.337 e. The van der Waals surface area contributed by atoms with Gasteiger partial charge in [-0.15, -0.1) is 0 Å². The van der Waals surface area contributed by atoms with E-state index in [1.165, 1.54) is 12.0 Å². The molecule has 1 atom stereocenters. The molecule has 3 heteroatoms. The Morgan fingerprint density at radius 2 is 1.86 bits per heavy atom. The first-order valence-electron chi connectivity index (χ1n) is 7.60. The van der Waals surface area contributed by atoms with E-state index in [0.717, 1.165) is 25.9 Å². The quantitative estimate of drug-likeness (QED) is 0.843. The van der Waals surface area contributed by atoms with Crippen LogP contribution in [-0.2, 0) is 0 Å². The van der Waals surface area contributed by atoms with Gasteiger partial charge in [-0.1, -0.05) is 42.8 Å². The molecule has 0 bridgehead atoms. The van der Waals surface area contributed by atoms with Gasteiger partial charge in [-0.05, 0) is 30.5 Å². The predicted molar refractivity (Wildman–Crippen MR) is 83.2 cm³/mol. The van der Waals surface area contributed by atoms with Crippen LogP contribution in [0.2, 0.25) is 0 Å². The van der Waals surface area contributed by atoms with E-state index < -0.39 is 0 Å². The Morgan fingerprint density at radius 1 is 1.05 bits per heavy atom. The Labute approximate surface area is 125 Å². The van der Waals surface area contributed by atoms with Gasteiger partial charge in [0.05, 0.1) is 0 Å². The minimum atomic E-state index is 0.0541. The number of pyridine rings is 1. The van der Waals surface area contributed by atoms with Crippen LogP contribution in [0.15, 0.2) is 54.7 Å². The summed E-state index contributed by atoms with van der Waals surface area (Å²) in [5.41, 5.74) is 1.88. The second kappa shape index (κ2) is 6.53. The maximum atomic E-state index is 12.6. The molecule has 1 unspecified atom stereocenters. The fraction of sp³-hybridized carbons (Fsp3) is 0.333. The van der Waals surface area contributed by atoms with Crippen molar-refractivity contribution in [1.29, 1.82) is 0 Å². The van der Waals surface area contributed by atoms with E-state index >= 15 is 0 Å². The molecule has 1 aliphatic rings. The second-order valence-electron chi connectivity index (χ2n) is 5.57. The molecule has 0 spiro atoms. The van der Waals surface area contributed by atoms with Gasteiger partial charge in [0.2, 0.25) is 0 Å². The predicted octanol–water partition coefficient (Wildman–Crippen LogP) is 3.49. The van der Waals surface area contributed by atoms with Crippen molar-refractivity contribution in [2.24, 2.45) is 0 Å². The number of likely N-dealkylation sites (tertiary alicyclic amines) is 1. The van der Waals surface area contributed by atoms with E-state index in [1.54, 1.807) is 12.3 Å². The fourth-order valence-corrected chi connectivity index (χ4v) is 2.98. The zero-order valence-corrected chi connectivity index (χ0v) is 12.1. The van der Waals surface area contributed by atoms with Gasteiger partial charge in [0.25, 0.3) is 5.91 Å². The van der Waals surface area contributed by atoms with E-state index in [0.29, 0.717) is 11.6 Å². The molecule has 1 aromatic carbocycles. The molecule has 0 radical (unpaired) electrons. The van der Waals surface area contributed by atoms with Crippen molar-refractivity contribution in [2.45, 2.75) is 25.2 Å². The average Bonchev–Trinajstić information content (AvgIpc) is 2.82. The molecule has 0 N–H and O–H groups in total. The number of nitrogens with zero attached hydrogens (tertiary/aromatic N) is 2. The lowest BCUT2D eigenvalue weighted by Gasteiger charge is -2.24. The molecule has 2 heterocycles. The third-order valence-corrected chi connectivity index (χ3v) is 4.11. The number of hydrogen-bond donors (Lipinski definition) is 0. The smallest absolute Gasteiger partial charge is 0.272 e. The summed E-state index contributed by atoms with van der Waals surface area (Å²) >= 11 is 0. The Kier molecular flexibility index (Phi) is 4.29. The molecule has 3 nitrogen and oxygen atoms in total. The van der Waals surface area contributed by atoms with E-state index in [1.807, 2.05) is 23.1 Å². The van der Waals surface area contributed by atoms with Crippen molar-refractivity contribution in [3.05, 3.63) is 66.0 Å². The highest BCUT2D eigenvalue weighted by Crippen LogP contribution is 2.26. The van der Waals surface area contributed by atoms with Crippen LogP contribution in [0.25, 0.3) is 0 Å². The first kappa shape index (κ1) is 13.8. The molecule has 0 saturated carbocycles. The summed E-state index contributed by atoms with van der Waals surface area (Å²) < 4.78 is 0. The summed E-state index contributed by atoms with van der Waals surface area (Å²) in [6, 6.07) is 16.0. The Morgan fingerprint density at radius 3 is 2.62 bits per heavy atom. The molecule has 3 rings (SSSR count). The topological polar surface area (TPSA) is 33.2 Å². The third kappa shape index (κ3) is 3.30. The van der Waals surface area contributed by atoms with Crippen LogP contribution in [0, 0.1) is 0 Å². The zero-order chi connectivity index (χ0) is 14.5. The number of amides is 1. The first-order chi connectivity index (χ1) is 10.3.